The van der Waals surface area contributed by atoms with E-state index in [0.29, 0.717) is 24.4 Å². The van der Waals surface area contributed by atoms with Crippen molar-refractivity contribution in [2.45, 2.75) is 6.42 Å². The van der Waals surface area contributed by atoms with Crippen LogP contribution in [0.5, 0.6) is 0 Å². The van der Waals surface area contributed by atoms with Crippen LogP contribution in [0.15, 0.2) is 17.6 Å². The second-order valence-corrected chi connectivity index (χ2v) is 4.28. The van der Waals surface area contributed by atoms with Crippen molar-refractivity contribution < 1.29 is 4.79 Å². The van der Waals surface area contributed by atoms with Crippen molar-refractivity contribution in [2.75, 3.05) is 6.54 Å². The van der Waals surface area contributed by atoms with Crippen molar-refractivity contribution in [1.29, 1.82) is 0 Å². The van der Waals surface area contributed by atoms with Gasteiger partial charge in [0.2, 0.25) is 5.78 Å². The minimum atomic E-state index is -0.0977. The van der Waals surface area contributed by atoms with Gasteiger partial charge >= 0.3 is 0 Å². The predicted octanol–water partition coefficient (Wildman–Crippen LogP) is 0.609. The van der Waals surface area contributed by atoms with Gasteiger partial charge in [-0.3, -0.25) is 9.48 Å². The van der Waals surface area contributed by atoms with Crippen molar-refractivity contribution in [3.63, 3.8) is 0 Å². The van der Waals surface area contributed by atoms with Crippen molar-refractivity contribution >= 4 is 17.1 Å². The summed E-state index contributed by atoms with van der Waals surface area (Å²) in [6, 6.07) is 1.68. The minimum absolute atomic E-state index is 0.0977. The minimum Gasteiger partial charge on any atom is -0.330 e. The molecule has 2 heterocycles. The smallest absolute Gasteiger partial charge is 0.230 e. The zero-order valence-electron chi connectivity index (χ0n) is 8.88. The SMILES string of the molecule is Cn1nccc1C(=O)c1csc(CCN)n1. The van der Waals surface area contributed by atoms with Gasteiger partial charge in [0.1, 0.15) is 11.4 Å². The summed E-state index contributed by atoms with van der Waals surface area (Å²) < 4.78 is 1.55. The molecule has 6 heteroatoms. The Balaban J connectivity index is 2.24. The Labute approximate surface area is 96.9 Å². The van der Waals surface area contributed by atoms with Crippen LogP contribution in [-0.4, -0.2) is 27.1 Å². The Hall–Kier alpha value is -1.53. The Morgan fingerprint density at radius 1 is 1.62 bits per heavy atom. The molecule has 0 amide bonds. The van der Waals surface area contributed by atoms with Crippen LogP contribution in [0, 0.1) is 0 Å². The number of thiazole rings is 1. The van der Waals surface area contributed by atoms with Crippen LogP contribution in [0.25, 0.3) is 0 Å². The summed E-state index contributed by atoms with van der Waals surface area (Å²) in [7, 11) is 1.74. The average molecular weight is 236 g/mol. The van der Waals surface area contributed by atoms with Crippen LogP contribution in [0.3, 0.4) is 0 Å². The van der Waals surface area contributed by atoms with Crippen molar-refractivity contribution in [1.82, 2.24) is 14.8 Å². The predicted molar refractivity (Wildman–Crippen MR) is 61.5 cm³/mol. The summed E-state index contributed by atoms with van der Waals surface area (Å²) in [6.07, 6.45) is 2.31. The quantitative estimate of drug-likeness (QED) is 0.789. The first-order valence-electron chi connectivity index (χ1n) is 4.89. The number of aryl methyl sites for hydroxylation is 1. The highest BCUT2D eigenvalue weighted by molar-refractivity contribution is 7.09. The normalized spacial score (nSPS) is 10.6. The van der Waals surface area contributed by atoms with E-state index in [2.05, 4.69) is 10.1 Å². The number of rotatable bonds is 4. The highest BCUT2D eigenvalue weighted by atomic mass is 32.1. The first-order valence-corrected chi connectivity index (χ1v) is 5.77. The number of hydrogen-bond acceptors (Lipinski definition) is 5. The molecule has 84 valence electrons. The van der Waals surface area contributed by atoms with E-state index in [1.165, 1.54) is 11.3 Å². The molecule has 2 N–H and O–H groups in total. The lowest BCUT2D eigenvalue weighted by molar-refractivity contribution is 0.102. The maximum absolute atomic E-state index is 12.0. The fourth-order valence-corrected chi connectivity index (χ4v) is 2.18. The van der Waals surface area contributed by atoms with Gasteiger partial charge < -0.3 is 5.73 Å². The average Bonchev–Trinajstić information content (AvgIpc) is 2.87. The van der Waals surface area contributed by atoms with E-state index in [1.807, 2.05) is 0 Å². The van der Waals surface area contributed by atoms with E-state index < -0.39 is 0 Å². The van der Waals surface area contributed by atoms with Crippen molar-refractivity contribution in [2.24, 2.45) is 12.8 Å². The fourth-order valence-electron chi connectivity index (χ4n) is 1.38. The molecule has 5 nitrogen and oxygen atoms in total. The molecule has 2 aromatic heterocycles. The molecule has 0 fully saturated rings. The Bertz CT molecular complexity index is 502. The number of hydrogen-bond donors (Lipinski definition) is 1. The third kappa shape index (κ3) is 2.02. The van der Waals surface area contributed by atoms with Gasteiger partial charge in [0.05, 0.1) is 5.01 Å². The monoisotopic (exact) mass is 236 g/mol. The molecule has 2 rings (SSSR count). The van der Waals surface area contributed by atoms with Gasteiger partial charge in [0, 0.05) is 25.0 Å². The van der Waals surface area contributed by atoms with E-state index in [9.17, 15) is 4.79 Å². The fraction of sp³-hybridized carbons (Fsp3) is 0.300. The number of aromatic nitrogens is 3. The van der Waals surface area contributed by atoms with Gasteiger partial charge in [-0.15, -0.1) is 11.3 Å². The number of nitrogens with two attached hydrogens (primary N) is 1. The number of carbonyl (C=O) groups is 1. The van der Waals surface area contributed by atoms with Gasteiger partial charge in [-0.1, -0.05) is 0 Å². The van der Waals surface area contributed by atoms with E-state index in [-0.39, 0.29) is 5.78 Å². The van der Waals surface area contributed by atoms with Crippen LogP contribution < -0.4 is 5.73 Å². The molecule has 0 aromatic carbocycles. The lowest BCUT2D eigenvalue weighted by Crippen LogP contribution is -2.09. The van der Waals surface area contributed by atoms with Crippen LogP contribution in [0.4, 0.5) is 0 Å². The van der Waals surface area contributed by atoms with Crippen LogP contribution in [-0.2, 0) is 13.5 Å². The van der Waals surface area contributed by atoms with Gasteiger partial charge in [-0.05, 0) is 12.6 Å². The molecule has 0 radical (unpaired) electrons. The molecule has 2 aromatic rings. The number of carbonyl (C=O) groups excluding carboxylic acids is 1. The van der Waals surface area contributed by atoms with Gasteiger partial charge in [-0.25, -0.2) is 4.98 Å². The third-order valence-corrected chi connectivity index (χ3v) is 3.10. The molecule has 16 heavy (non-hydrogen) atoms. The first-order chi connectivity index (χ1) is 7.72. The summed E-state index contributed by atoms with van der Waals surface area (Å²) in [5.74, 6) is -0.0977. The lowest BCUT2D eigenvalue weighted by atomic mass is 10.2. The largest absolute Gasteiger partial charge is 0.330 e. The summed E-state index contributed by atoms with van der Waals surface area (Å²) >= 11 is 1.46. The molecule has 0 atom stereocenters. The second-order valence-electron chi connectivity index (χ2n) is 3.33. The molecule has 0 spiro atoms. The third-order valence-electron chi connectivity index (χ3n) is 2.20. The first kappa shape index (κ1) is 11.0. The zero-order valence-corrected chi connectivity index (χ0v) is 9.70. The summed E-state index contributed by atoms with van der Waals surface area (Å²) in [5, 5.41) is 6.62. The Morgan fingerprint density at radius 2 is 2.44 bits per heavy atom. The van der Waals surface area contributed by atoms with E-state index in [0.717, 1.165) is 5.01 Å². The number of nitrogens with zero attached hydrogens (tertiary/aromatic N) is 3. The van der Waals surface area contributed by atoms with E-state index in [1.54, 1.807) is 29.4 Å². The molecular formula is C10H12N4OS. The molecule has 0 saturated carbocycles. The van der Waals surface area contributed by atoms with Gasteiger partial charge in [0.25, 0.3) is 0 Å². The molecule has 0 aliphatic rings. The summed E-state index contributed by atoms with van der Waals surface area (Å²) in [6.45, 7) is 0.548. The zero-order chi connectivity index (χ0) is 11.5. The van der Waals surface area contributed by atoms with Crippen LogP contribution in [0.2, 0.25) is 0 Å². The molecule has 0 unspecified atom stereocenters. The maximum atomic E-state index is 12.0. The van der Waals surface area contributed by atoms with Crippen molar-refractivity contribution in [3.05, 3.63) is 34.0 Å². The highest BCUT2D eigenvalue weighted by Crippen LogP contribution is 2.13. The van der Waals surface area contributed by atoms with E-state index in [4.69, 9.17) is 5.73 Å². The molecule has 0 bridgehead atoms. The van der Waals surface area contributed by atoms with Crippen LogP contribution >= 0.6 is 11.3 Å². The Kier molecular flexibility index (Phi) is 3.12. The Morgan fingerprint density at radius 3 is 3.06 bits per heavy atom. The lowest BCUT2D eigenvalue weighted by Gasteiger charge is -1.97. The second kappa shape index (κ2) is 4.54. The summed E-state index contributed by atoms with van der Waals surface area (Å²) in [4.78, 5) is 16.2. The standard InChI is InChI=1S/C10H12N4OS/c1-14-8(3-5-12-14)10(15)7-6-16-9(13-7)2-4-11/h3,5-6H,2,4,11H2,1H3. The topological polar surface area (TPSA) is 73.8 Å². The van der Waals surface area contributed by atoms with Gasteiger partial charge in [0.15, 0.2) is 0 Å². The van der Waals surface area contributed by atoms with Gasteiger partial charge in [-0.2, -0.15) is 5.10 Å². The molecule has 0 aliphatic heterocycles. The highest BCUT2D eigenvalue weighted by Gasteiger charge is 2.15. The molecule has 0 aliphatic carbocycles. The maximum Gasteiger partial charge on any atom is 0.230 e. The van der Waals surface area contributed by atoms with Crippen molar-refractivity contribution in [3.8, 4) is 0 Å². The summed E-state index contributed by atoms with van der Waals surface area (Å²) in [5.41, 5.74) is 6.45. The van der Waals surface area contributed by atoms with Crippen LogP contribution in [0.1, 0.15) is 21.2 Å². The molecule has 0 saturated heterocycles. The van der Waals surface area contributed by atoms with E-state index >= 15 is 0 Å². The molecular weight excluding hydrogens is 224 g/mol. The number of ketones is 1.